The van der Waals surface area contributed by atoms with Gasteiger partial charge in [0.2, 0.25) is 0 Å². The molecule has 1 amide bonds. The lowest BCUT2D eigenvalue weighted by Crippen LogP contribution is -2.34. The third-order valence-corrected chi connectivity index (χ3v) is 4.29. The lowest BCUT2D eigenvalue weighted by atomic mass is 10.2. The number of hydrogen-bond donors (Lipinski definition) is 0. The minimum Gasteiger partial charge on any atom is -0.484 e. The van der Waals surface area contributed by atoms with Gasteiger partial charge in [0, 0.05) is 18.1 Å². The summed E-state index contributed by atoms with van der Waals surface area (Å²) < 4.78 is 5.54. The second-order valence-electron chi connectivity index (χ2n) is 4.72. The van der Waals surface area contributed by atoms with Crippen molar-refractivity contribution in [3.05, 3.63) is 46.9 Å². The molecule has 1 aliphatic heterocycles. The fourth-order valence-electron chi connectivity index (χ4n) is 2.47. The highest BCUT2D eigenvalue weighted by Gasteiger charge is 2.31. The normalized spacial score (nSPS) is 18.2. The molecule has 0 radical (unpaired) electrons. The zero-order chi connectivity index (χ0) is 13.8. The first-order valence-corrected chi connectivity index (χ1v) is 7.59. The molecular weight excluding hydrogens is 272 g/mol. The summed E-state index contributed by atoms with van der Waals surface area (Å²) in [5, 5.41) is 2.98. The van der Waals surface area contributed by atoms with Crippen LogP contribution in [0.5, 0.6) is 5.75 Å². The van der Waals surface area contributed by atoms with Crippen molar-refractivity contribution in [1.82, 2.24) is 9.88 Å². The van der Waals surface area contributed by atoms with Crippen LogP contribution < -0.4 is 4.74 Å². The predicted molar refractivity (Wildman–Crippen MR) is 77.7 cm³/mol. The summed E-state index contributed by atoms with van der Waals surface area (Å²) in [4.78, 5) is 18.5. The topological polar surface area (TPSA) is 42.4 Å². The van der Waals surface area contributed by atoms with Crippen LogP contribution >= 0.6 is 11.3 Å². The van der Waals surface area contributed by atoms with Crippen LogP contribution in [0.4, 0.5) is 0 Å². The number of amides is 1. The average Bonchev–Trinajstić information content (AvgIpc) is 3.15. The molecule has 4 nitrogen and oxygen atoms in total. The van der Waals surface area contributed by atoms with Crippen LogP contribution in [0, 0.1) is 0 Å². The summed E-state index contributed by atoms with van der Waals surface area (Å²) in [5.41, 5.74) is 0. The van der Waals surface area contributed by atoms with E-state index in [1.165, 1.54) is 0 Å². The van der Waals surface area contributed by atoms with Gasteiger partial charge in [-0.25, -0.2) is 4.98 Å². The van der Waals surface area contributed by atoms with Crippen molar-refractivity contribution < 1.29 is 9.53 Å². The quantitative estimate of drug-likeness (QED) is 0.868. The molecule has 104 valence electrons. The third kappa shape index (κ3) is 2.82. The summed E-state index contributed by atoms with van der Waals surface area (Å²) in [6.07, 6.45) is 3.81. The molecule has 3 rings (SSSR count). The number of likely N-dealkylation sites (tertiary alicyclic amines) is 1. The molecule has 1 saturated heterocycles. The molecule has 1 aromatic carbocycles. The Labute approximate surface area is 122 Å². The van der Waals surface area contributed by atoms with E-state index in [-0.39, 0.29) is 18.6 Å². The molecule has 1 fully saturated rings. The highest BCUT2D eigenvalue weighted by Crippen LogP contribution is 2.32. The standard InChI is InChI=1S/C15H16N2O2S/c18-14(11-19-12-5-2-1-3-6-12)17-9-4-7-13(17)15-16-8-10-20-15/h1-3,5-6,8,10,13H,4,7,9,11H2. The Morgan fingerprint density at radius 1 is 1.40 bits per heavy atom. The minimum absolute atomic E-state index is 0.0338. The second-order valence-corrected chi connectivity index (χ2v) is 5.64. The van der Waals surface area contributed by atoms with E-state index in [1.54, 1.807) is 17.5 Å². The summed E-state index contributed by atoms with van der Waals surface area (Å²) in [7, 11) is 0. The van der Waals surface area contributed by atoms with Crippen LogP contribution in [0.15, 0.2) is 41.9 Å². The molecule has 2 aromatic rings. The molecule has 2 heterocycles. The van der Waals surface area contributed by atoms with Crippen molar-refractivity contribution >= 4 is 17.2 Å². The molecule has 0 saturated carbocycles. The van der Waals surface area contributed by atoms with Gasteiger partial charge >= 0.3 is 0 Å². The zero-order valence-corrected chi connectivity index (χ0v) is 11.9. The van der Waals surface area contributed by atoms with E-state index in [9.17, 15) is 4.79 Å². The first kappa shape index (κ1) is 13.1. The Morgan fingerprint density at radius 3 is 3.00 bits per heavy atom. The van der Waals surface area contributed by atoms with Crippen LogP contribution in [-0.2, 0) is 4.79 Å². The first-order chi connectivity index (χ1) is 9.84. The van der Waals surface area contributed by atoms with Crippen LogP contribution in [0.25, 0.3) is 0 Å². The molecule has 1 aromatic heterocycles. The maximum atomic E-state index is 12.3. The number of hydrogen-bond acceptors (Lipinski definition) is 4. The number of thiazole rings is 1. The van der Waals surface area contributed by atoms with Gasteiger partial charge in [-0.15, -0.1) is 11.3 Å². The number of benzene rings is 1. The number of aromatic nitrogens is 1. The lowest BCUT2D eigenvalue weighted by molar-refractivity contribution is -0.134. The Balaban J connectivity index is 1.62. The number of para-hydroxylation sites is 1. The monoisotopic (exact) mass is 288 g/mol. The number of rotatable bonds is 4. The smallest absolute Gasteiger partial charge is 0.261 e. The van der Waals surface area contributed by atoms with Crippen molar-refractivity contribution in [3.63, 3.8) is 0 Å². The maximum Gasteiger partial charge on any atom is 0.261 e. The molecular formula is C15H16N2O2S. The first-order valence-electron chi connectivity index (χ1n) is 6.71. The van der Waals surface area contributed by atoms with Gasteiger partial charge in [0.25, 0.3) is 5.91 Å². The fourth-order valence-corrected chi connectivity index (χ4v) is 3.25. The Kier molecular flexibility index (Phi) is 3.97. The van der Waals surface area contributed by atoms with Crippen molar-refractivity contribution in [2.45, 2.75) is 18.9 Å². The van der Waals surface area contributed by atoms with Crippen molar-refractivity contribution in [3.8, 4) is 5.75 Å². The van der Waals surface area contributed by atoms with Crippen LogP contribution in [0.3, 0.4) is 0 Å². The molecule has 0 spiro atoms. The van der Waals surface area contributed by atoms with Crippen LogP contribution in [0.1, 0.15) is 23.9 Å². The van der Waals surface area contributed by atoms with Crippen molar-refractivity contribution in [2.75, 3.05) is 13.2 Å². The van der Waals surface area contributed by atoms with E-state index >= 15 is 0 Å². The molecule has 0 bridgehead atoms. The van der Waals surface area contributed by atoms with E-state index in [0.717, 1.165) is 30.1 Å². The Morgan fingerprint density at radius 2 is 2.25 bits per heavy atom. The van der Waals surface area contributed by atoms with Gasteiger partial charge in [0.15, 0.2) is 6.61 Å². The molecule has 20 heavy (non-hydrogen) atoms. The maximum absolute atomic E-state index is 12.3. The molecule has 5 heteroatoms. The van der Waals surface area contributed by atoms with Crippen LogP contribution in [-0.4, -0.2) is 28.9 Å². The summed E-state index contributed by atoms with van der Waals surface area (Å²) in [6, 6.07) is 9.56. The molecule has 1 unspecified atom stereocenters. The van der Waals surface area contributed by atoms with Gasteiger partial charge in [-0.2, -0.15) is 0 Å². The largest absolute Gasteiger partial charge is 0.484 e. The zero-order valence-electron chi connectivity index (χ0n) is 11.1. The highest BCUT2D eigenvalue weighted by molar-refractivity contribution is 7.09. The number of ether oxygens (including phenoxy) is 1. The van der Waals surface area contributed by atoms with E-state index in [1.807, 2.05) is 40.6 Å². The van der Waals surface area contributed by atoms with E-state index < -0.39 is 0 Å². The van der Waals surface area contributed by atoms with Gasteiger partial charge in [-0.05, 0) is 25.0 Å². The summed E-state index contributed by atoms with van der Waals surface area (Å²) in [5.74, 6) is 0.761. The molecule has 1 aliphatic rings. The van der Waals surface area contributed by atoms with Gasteiger partial charge < -0.3 is 9.64 Å². The number of carbonyl (C=O) groups excluding carboxylic acids is 1. The fraction of sp³-hybridized carbons (Fsp3) is 0.333. The molecule has 0 N–H and O–H groups in total. The Hall–Kier alpha value is -1.88. The lowest BCUT2D eigenvalue weighted by Gasteiger charge is -2.23. The van der Waals surface area contributed by atoms with Gasteiger partial charge in [-0.1, -0.05) is 18.2 Å². The summed E-state index contributed by atoms with van der Waals surface area (Å²) >= 11 is 1.61. The van der Waals surface area contributed by atoms with E-state index in [0.29, 0.717) is 0 Å². The second kappa shape index (κ2) is 6.05. The summed E-state index contributed by atoms with van der Waals surface area (Å²) in [6.45, 7) is 0.882. The van der Waals surface area contributed by atoms with E-state index in [2.05, 4.69) is 4.98 Å². The SMILES string of the molecule is O=C(COc1ccccc1)N1CCCC1c1nccs1. The highest BCUT2D eigenvalue weighted by atomic mass is 32.1. The number of nitrogens with zero attached hydrogens (tertiary/aromatic N) is 2. The van der Waals surface area contributed by atoms with Gasteiger partial charge in [-0.3, -0.25) is 4.79 Å². The minimum atomic E-state index is 0.0338. The Bertz CT molecular complexity index is 557. The third-order valence-electron chi connectivity index (χ3n) is 3.42. The van der Waals surface area contributed by atoms with Gasteiger partial charge in [0.1, 0.15) is 10.8 Å². The van der Waals surface area contributed by atoms with Crippen molar-refractivity contribution in [1.29, 1.82) is 0 Å². The average molecular weight is 288 g/mol. The molecule has 0 aliphatic carbocycles. The number of carbonyl (C=O) groups is 1. The molecule has 1 atom stereocenters. The van der Waals surface area contributed by atoms with E-state index in [4.69, 9.17) is 4.74 Å². The predicted octanol–water partition coefficient (Wildman–Crippen LogP) is 2.89. The van der Waals surface area contributed by atoms with Gasteiger partial charge in [0.05, 0.1) is 6.04 Å². The van der Waals surface area contributed by atoms with Crippen molar-refractivity contribution in [2.24, 2.45) is 0 Å². The van der Waals surface area contributed by atoms with Crippen LogP contribution in [0.2, 0.25) is 0 Å².